The van der Waals surface area contributed by atoms with Gasteiger partial charge in [0.1, 0.15) is 11.6 Å². The van der Waals surface area contributed by atoms with E-state index in [1.165, 1.54) is 11.8 Å². The quantitative estimate of drug-likeness (QED) is 0.761. The molecule has 2 aromatic heterocycles. The van der Waals surface area contributed by atoms with Crippen LogP contribution in [-0.2, 0) is 29.5 Å². The SMILES string of the molecule is Cc1ccc(CN2CCc3nnc(C4CCN(S(C)(=O)=O)CC4)n3CC2)nc1. The Hall–Kier alpha value is -1.84. The molecule has 9 heteroatoms. The molecule has 2 aromatic rings. The highest BCUT2D eigenvalue weighted by molar-refractivity contribution is 7.88. The number of nitrogens with zero attached hydrogens (tertiary/aromatic N) is 6. The molecule has 28 heavy (non-hydrogen) atoms. The number of aromatic nitrogens is 4. The molecule has 0 radical (unpaired) electrons. The molecule has 0 unspecified atom stereocenters. The van der Waals surface area contributed by atoms with Crippen molar-refractivity contribution in [2.45, 2.75) is 45.2 Å². The van der Waals surface area contributed by atoms with Gasteiger partial charge in [-0.25, -0.2) is 12.7 Å². The Morgan fingerprint density at radius 1 is 1.07 bits per heavy atom. The molecule has 2 aliphatic rings. The van der Waals surface area contributed by atoms with Crippen molar-refractivity contribution < 1.29 is 8.42 Å². The number of hydrogen-bond donors (Lipinski definition) is 0. The zero-order valence-electron chi connectivity index (χ0n) is 16.6. The van der Waals surface area contributed by atoms with Gasteiger partial charge < -0.3 is 4.57 Å². The Labute approximate surface area is 166 Å². The van der Waals surface area contributed by atoms with Gasteiger partial charge in [-0.05, 0) is 31.4 Å². The molecule has 1 saturated heterocycles. The van der Waals surface area contributed by atoms with E-state index in [-0.39, 0.29) is 5.92 Å². The van der Waals surface area contributed by atoms with Gasteiger partial charge in [0, 0.05) is 57.8 Å². The highest BCUT2D eigenvalue weighted by Crippen LogP contribution is 2.29. The van der Waals surface area contributed by atoms with Crippen LogP contribution in [0.15, 0.2) is 18.3 Å². The summed E-state index contributed by atoms with van der Waals surface area (Å²) in [5.74, 6) is 2.35. The van der Waals surface area contributed by atoms with Crippen molar-refractivity contribution in [2.24, 2.45) is 0 Å². The molecule has 0 spiro atoms. The third-order valence-electron chi connectivity index (χ3n) is 5.79. The summed E-state index contributed by atoms with van der Waals surface area (Å²) in [6.07, 6.45) is 5.70. The molecule has 4 heterocycles. The molecule has 0 N–H and O–H groups in total. The van der Waals surface area contributed by atoms with Crippen molar-refractivity contribution in [3.8, 4) is 0 Å². The molecule has 0 aromatic carbocycles. The number of sulfonamides is 1. The van der Waals surface area contributed by atoms with Gasteiger partial charge in [0.05, 0.1) is 11.9 Å². The molecule has 1 fully saturated rings. The standard InChI is InChI=1S/C19H28N6O2S/c1-15-3-4-17(20-13-15)14-23-8-7-18-21-22-19(25(18)12-11-23)16-5-9-24(10-6-16)28(2,26)27/h3-4,13,16H,5-12,14H2,1-2H3. The molecular weight excluding hydrogens is 376 g/mol. The summed E-state index contributed by atoms with van der Waals surface area (Å²) < 4.78 is 27.3. The van der Waals surface area contributed by atoms with Crippen molar-refractivity contribution in [1.82, 2.24) is 29.0 Å². The van der Waals surface area contributed by atoms with Crippen LogP contribution in [0, 0.1) is 6.92 Å². The van der Waals surface area contributed by atoms with Crippen molar-refractivity contribution >= 4 is 10.0 Å². The molecular formula is C19H28N6O2S. The molecule has 4 rings (SSSR count). The lowest BCUT2D eigenvalue weighted by molar-refractivity contribution is 0.264. The number of fused-ring (bicyclic) bond motifs is 1. The van der Waals surface area contributed by atoms with Crippen molar-refractivity contribution in [2.75, 3.05) is 32.4 Å². The summed E-state index contributed by atoms with van der Waals surface area (Å²) in [7, 11) is -3.10. The second kappa shape index (κ2) is 7.88. The molecule has 2 aliphatic heterocycles. The van der Waals surface area contributed by atoms with Gasteiger partial charge in [0.15, 0.2) is 0 Å². The van der Waals surface area contributed by atoms with Gasteiger partial charge in [-0.15, -0.1) is 10.2 Å². The van der Waals surface area contributed by atoms with E-state index in [4.69, 9.17) is 0 Å². The molecule has 0 saturated carbocycles. The monoisotopic (exact) mass is 404 g/mol. The summed E-state index contributed by atoms with van der Waals surface area (Å²) in [6, 6.07) is 4.21. The Bertz CT molecular complexity index is 916. The van der Waals surface area contributed by atoms with Crippen LogP contribution < -0.4 is 0 Å². The van der Waals surface area contributed by atoms with Crippen LogP contribution in [0.3, 0.4) is 0 Å². The van der Waals surface area contributed by atoms with Gasteiger partial charge in [-0.2, -0.15) is 0 Å². The lowest BCUT2D eigenvalue weighted by Gasteiger charge is -2.30. The molecule has 0 bridgehead atoms. The maximum absolute atomic E-state index is 11.7. The fourth-order valence-electron chi connectivity index (χ4n) is 4.12. The average Bonchev–Trinajstić information content (AvgIpc) is 2.97. The number of hydrogen-bond acceptors (Lipinski definition) is 6. The highest BCUT2D eigenvalue weighted by Gasteiger charge is 2.30. The van der Waals surface area contributed by atoms with E-state index in [1.54, 1.807) is 4.31 Å². The van der Waals surface area contributed by atoms with Crippen molar-refractivity contribution in [1.29, 1.82) is 0 Å². The Morgan fingerprint density at radius 3 is 2.54 bits per heavy atom. The van der Waals surface area contributed by atoms with Gasteiger partial charge in [-0.1, -0.05) is 6.07 Å². The van der Waals surface area contributed by atoms with E-state index < -0.39 is 10.0 Å². The van der Waals surface area contributed by atoms with Crippen LogP contribution in [-0.4, -0.2) is 69.8 Å². The van der Waals surface area contributed by atoms with E-state index in [1.807, 2.05) is 6.20 Å². The van der Waals surface area contributed by atoms with E-state index in [0.717, 1.165) is 62.8 Å². The third-order valence-corrected chi connectivity index (χ3v) is 7.10. The molecule has 152 valence electrons. The first-order valence-electron chi connectivity index (χ1n) is 9.91. The van der Waals surface area contributed by atoms with Crippen LogP contribution in [0.4, 0.5) is 0 Å². The van der Waals surface area contributed by atoms with Gasteiger partial charge >= 0.3 is 0 Å². The second-order valence-electron chi connectivity index (χ2n) is 7.92. The third kappa shape index (κ3) is 4.26. The van der Waals surface area contributed by atoms with Crippen LogP contribution in [0.5, 0.6) is 0 Å². The molecule has 8 nitrogen and oxygen atoms in total. The summed E-state index contributed by atoms with van der Waals surface area (Å²) in [5.41, 5.74) is 2.27. The lowest BCUT2D eigenvalue weighted by atomic mass is 9.97. The Morgan fingerprint density at radius 2 is 1.86 bits per heavy atom. The van der Waals surface area contributed by atoms with E-state index in [0.29, 0.717) is 13.1 Å². The summed E-state index contributed by atoms with van der Waals surface area (Å²) in [5, 5.41) is 8.93. The Kier molecular flexibility index (Phi) is 5.48. The number of pyridine rings is 1. The smallest absolute Gasteiger partial charge is 0.211 e. The largest absolute Gasteiger partial charge is 0.313 e. The van der Waals surface area contributed by atoms with Crippen molar-refractivity contribution in [3.05, 3.63) is 41.2 Å². The molecule has 0 atom stereocenters. The average molecular weight is 405 g/mol. The minimum atomic E-state index is -3.10. The van der Waals surface area contributed by atoms with Crippen LogP contribution in [0.1, 0.15) is 41.7 Å². The second-order valence-corrected chi connectivity index (χ2v) is 9.90. The Balaban J connectivity index is 1.41. The maximum Gasteiger partial charge on any atom is 0.211 e. The van der Waals surface area contributed by atoms with Gasteiger partial charge in [-0.3, -0.25) is 9.88 Å². The summed E-state index contributed by atoms with van der Waals surface area (Å²) >= 11 is 0. The normalized spacial score (nSPS) is 20.1. The summed E-state index contributed by atoms with van der Waals surface area (Å²) in [6.45, 7) is 6.79. The van der Waals surface area contributed by atoms with E-state index in [9.17, 15) is 8.42 Å². The topological polar surface area (TPSA) is 84.2 Å². The number of aryl methyl sites for hydroxylation is 1. The highest BCUT2D eigenvalue weighted by atomic mass is 32.2. The zero-order chi connectivity index (χ0) is 19.7. The maximum atomic E-state index is 11.7. The fourth-order valence-corrected chi connectivity index (χ4v) is 4.99. The van der Waals surface area contributed by atoms with Gasteiger partial charge in [0.2, 0.25) is 10.0 Å². The minimum Gasteiger partial charge on any atom is -0.313 e. The predicted molar refractivity (Wildman–Crippen MR) is 106 cm³/mol. The minimum absolute atomic E-state index is 0.282. The lowest BCUT2D eigenvalue weighted by Crippen LogP contribution is -2.37. The zero-order valence-corrected chi connectivity index (χ0v) is 17.4. The fraction of sp³-hybridized carbons (Fsp3) is 0.632. The number of rotatable bonds is 4. The van der Waals surface area contributed by atoms with Crippen LogP contribution in [0.25, 0.3) is 0 Å². The van der Waals surface area contributed by atoms with Crippen LogP contribution >= 0.6 is 0 Å². The molecule has 0 aliphatic carbocycles. The van der Waals surface area contributed by atoms with E-state index >= 15 is 0 Å². The first-order chi connectivity index (χ1) is 13.4. The van der Waals surface area contributed by atoms with Crippen molar-refractivity contribution in [3.63, 3.8) is 0 Å². The summed E-state index contributed by atoms with van der Waals surface area (Å²) in [4.78, 5) is 6.95. The van der Waals surface area contributed by atoms with Gasteiger partial charge in [0.25, 0.3) is 0 Å². The number of piperidine rings is 1. The first-order valence-corrected chi connectivity index (χ1v) is 11.8. The first kappa shape index (κ1) is 19.5. The predicted octanol–water partition coefficient (Wildman–Crippen LogP) is 1.18. The van der Waals surface area contributed by atoms with Crippen LogP contribution in [0.2, 0.25) is 0 Å². The molecule has 0 amide bonds. The van der Waals surface area contributed by atoms with E-state index in [2.05, 4.69) is 43.7 Å².